The standard InChI is InChI=1S/C23H18IN/c24-22-16-17-25(18-22)23(19-10-4-1-5-11-19,20-12-6-2-7-13-20)21-14-8-3-9-15-21/h1-18H. The van der Waals surface area contributed by atoms with E-state index < -0.39 is 5.54 Å². The Morgan fingerprint density at radius 3 is 1.28 bits per heavy atom. The van der Waals surface area contributed by atoms with Gasteiger partial charge in [0.2, 0.25) is 0 Å². The molecule has 0 saturated carbocycles. The molecule has 0 N–H and O–H groups in total. The first-order chi connectivity index (χ1) is 12.3. The zero-order chi connectivity index (χ0) is 17.1. The third-order valence-corrected chi connectivity index (χ3v) is 5.26. The van der Waals surface area contributed by atoms with E-state index >= 15 is 0 Å². The van der Waals surface area contributed by atoms with E-state index in [1.54, 1.807) is 0 Å². The van der Waals surface area contributed by atoms with Crippen LogP contribution in [0.25, 0.3) is 0 Å². The molecule has 4 rings (SSSR count). The first-order valence-corrected chi connectivity index (χ1v) is 9.40. The molecule has 4 aromatic rings. The van der Waals surface area contributed by atoms with Gasteiger partial charge in [-0.25, -0.2) is 0 Å². The maximum Gasteiger partial charge on any atom is 0.120 e. The van der Waals surface area contributed by atoms with Crippen molar-refractivity contribution in [1.29, 1.82) is 0 Å². The van der Waals surface area contributed by atoms with Gasteiger partial charge in [-0.05, 0) is 45.3 Å². The first-order valence-electron chi connectivity index (χ1n) is 8.32. The van der Waals surface area contributed by atoms with Crippen LogP contribution in [0.15, 0.2) is 109 Å². The highest BCUT2D eigenvalue weighted by molar-refractivity contribution is 14.1. The first kappa shape index (κ1) is 16.2. The van der Waals surface area contributed by atoms with Crippen molar-refractivity contribution in [2.24, 2.45) is 0 Å². The third-order valence-electron chi connectivity index (χ3n) is 4.62. The van der Waals surface area contributed by atoms with Crippen LogP contribution in [0, 0.1) is 3.57 Å². The van der Waals surface area contributed by atoms with Gasteiger partial charge in [0.1, 0.15) is 5.54 Å². The summed E-state index contributed by atoms with van der Waals surface area (Å²) in [5, 5.41) is 0. The molecule has 0 saturated heterocycles. The second-order valence-corrected chi connectivity index (χ2v) is 7.29. The fourth-order valence-corrected chi connectivity index (χ4v) is 4.03. The van der Waals surface area contributed by atoms with E-state index in [1.165, 1.54) is 20.3 Å². The molecule has 0 fully saturated rings. The Balaban J connectivity index is 2.12. The number of benzene rings is 3. The van der Waals surface area contributed by atoms with Gasteiger partial charge in [-0.1, -0.05) is 91.0 Å². The molecule has 0 bridgehead atoms. The largest absolute Gasteiger partial charge is 0.335 e. The van der Waals surface area contributed by atoms with E-state index in [1.807, 2.05) is 0 Å². The summed E-state index contributed by atoms with van der Waals surface area (Å²) < 4.78 is 3.55. The second-order valence-electron chi connectivity index (χ2n) is 6.05. The fraction of sp³-hybridized carbons (Fsp3) is 0.0435. The molecule has 0 radical (unpaired) electrons. The van der Waals surface area contributed by atoms with Crippen molar-refractivity contribution in [3.05, 3.63) is 130 Å². The number of hydrogen-bond donors (Lipinski definition) is 0. The molecule has 2 heteroatoms. The van der Waals surface area contributed by atoms with Gasteiger partial charge in [-0.2, -0.15) is 0 Å². The van der Waals surface area contributed by atoms with Crippen LogP contribution < -0.4 is 0 Å². The Morgan fingerprint density at radius 1 is 0.560 bits per heavy atom. The van der Waals surface area contributed by atoms with Gasteiger partial charge < -0.3 is 4.57 Å². The van der Waals surface area contributed by atoms with Gasteiger partial charge in [0.05, 0.1) is 0 Å². The molecule has 25 heavy (non-hydrogen) atoms. The molecular weight excluding hydrogens is 417 g/mol. The van der Waals surface area contributed by atoms with Gasteiger partial charge in [0.15, 0.2) is 0 Å². The number of hydrogen-bond acceptors (Lipinski definition) is 0. The molecular formula is C23H18IN. The fourth-order valence-electron chi connectivity index (χ4n) is 3.56. The molecule has 0 spiro atoms. The van der Waals surface area contributed by atoms with Crippen molar-refractivity contribution >= 4 is 22.6 Å². The maximum atomic E-state index is 2.38. The van der Waals surface area contributed by atoms with Crippen molar-refractivity contribution < 1.29 is 0 Å². The molecule has 0 aliphatic heterocycles. The van der Waals surface area contributed by atoms with Crippen LogP contribution in [0.5, 0.6) is 0 Å². The average Bonchev–Trinajstić information content (AvgIpc) is 3.12. The summed E-state index contributed by atoms with van der Waals surface area (Å²) in [4.78, 5) is 0. The highest BCUT2D eigenvalue weighted by atomic mass is 127. The Morgan fingerprint density at radius 2 is 0.960 bits per heavy atom. The van der Waals surface area contributed by atoms with Crippen LogP contribution in [-0.2, 0) is 5.54 Å². The van der Waals surface area contributed by atoms with Crippen LogP contribution in [0.4, 0.5) is 0 Å². The number of nitrogens with zero attached hydrogens (tertiary/aromatic N) is 1. The predicted octanol–water partition coefficient (Wildman–Crippen LogP) is 5.93. The molecule has 0 unspecified atom stereocenters. The Labute approximate surface area is 162 Å². The van der Waals surface area contributed by atoms with Crippen LogP contribution >= 0.6 is 22.6 Å². The monoisotopic (exact) mass is 435 g/mol. The SMILES string of the molecule is Ic1ccn(C(c2ccccc2)(c2ccccc2)c2ccccc2)c1. The lowest BCUT2D eigenvalue weighted by atomic mass is 9.77. The number of aromatic nitrogens is 1. The normalized spacial score (nSPS) is 11.4. The van der Waals surface area contributed by atoms with E-state index in [9.17, 15) is 0 Å². The van der Waals surface area contributed by atoms with E-state index in [2.05, 4.69) is 137 Å². The van der Waals surface area contributed by atoms with E-state index in [-0.39, 0.29) is 0 Å². The molecule has 0 aliphatic rings. The summed E-state index contributed by atoms with van der Waals surface area (Å²) in [6.07, 6.45) is 4.39. The van der Waals surface area contributed by atoms with Gasteiger partial charge in [-0.15, -0.1) is 0 Å². The predicted molar refractivity (Wildman–Crippen MR) is 112 cm³/mol. The molecule has 0 aliphatic carbocycles. The van der Waals surface area contributed by atoms with Gasteiger partial charge in [-0.3, -0.25) is 0 Å². The Bertz CT molecular complexity index is 846. The van der Waals surface area contributed by atoms with Crippen LogP contribution in [0.2, 0.25) is 0 Å². The van der Waals surface area contributed by atoms with E-state index in [4.69, 9.17) is 0 Å². The van der Waals surface area contributed by atoms with Crippen molar-refractivity contribution in [3.8, 4) is 0 Å². The zero-order valence-corrected chi connectivity index (χ0v) is 15.9. The van der Waals surface area contributed by atoms with E-state index in [0.29, 0.717) is 0 Å². The zero-order valence-electron chi connectivity index (χ0n) is 13.7. The molecule has 0 amide bonds. The summed E-state index contributed by atoms with van der Waals surface area (Å²) in [6, 6.07) is 34.4. The molecule has 3 aromatic carbocycles. The molecule has 122 valence electrons. The summed E-state index contributed by atoms with van der Waals surface area (Å²) >= 11 is 2.38. The van der Waals surface area contributed by atoms with Crippen LogP contribution in [0.1, 0.15) is 16.7 Å². The van der Waals surface area contributed by atoms with Crippen molar-refractivity contribution in [2.45, 2.75) is 5.54 Å². The van der Waals surface area contributed by atoms with Gasteiger partial charge in [0, 0.05) is 16.0 Å². The van der Waals surface area contributed by atoms with E-state index in [0.717, 1.165) is 0 Å². The summed E-state index contributed by atoms with van der Waals surface area (Å²) in [7, 11) is 0. The third kappa shape index (κ3) is 2.81. The van der Waals surface area contributed by atoms with Crippen LogP contribution in [-0.4, -0.2) is 4.57 Å². The minimum Gasteiger partial charge on any atom is -0.335 e. The molecule has 1 aromatic heterocycles. The summed E-state index contributed by atoms with van der Waals surface area (Å²) in [5.41, 5.74) is 3.35. The second kappa shape index (κ2) is 6.89. The Hall–Kier alpha value is -2.33. The highest BCUT2D eigenvalue weighted by Crippen LogP contribution is 2.41. The van der Waals surface area contributed by atoms with Crippen molar-refractivity contribution in [2.75, 3.05) is 0 Å². The maximum absolute atomic E-state index is 2.38. The molecule has 1 heterocycles. The lowest BCUT2D eigenvalue weighted by Gasteiger charge is -2.37. The van der Waals surface area contributed by atoms with Crippen LogP contribution in [0.3, 0.4) is 0 Å². The number of rotatable bonds is 4. The van der Waals surface area contributed by atoms with Gasteiger partial charge in [0.25, 0.3) is 0 Å². The molecule has 0 atom stereocenters. The molecule has 1 nitrogen and oxygen atoms in total. The quantitative estimate of drug-likeness (QED) is 0.277. The van der Waals surface area contributed by atoms with Crippen molar-refractivity contribution in [1.82, 2.24) is 4.57 Å². The number of halogens is 1. The highest BCUT2D eigenvalue weighted by Gasteiger charge is 2.37. The lowest BCUT2D eigenvalue weighted by Crippen LogP contribution is -2.36. The average molecular weight is 435 g/mol. The van der Waals surface area contributed by atoms with Crippen molar-refractivity contribution in [3.63, 3.8) is 0 Å². The summed E-state index contributed by atoms with van der Waals surface area (Å²) in [5.74, 6) is 0. The lowest BCUT2D eigenvalue weighted by molar-refractivity contribution is 0.517. The topological polar surface area (TPSA) is 4.93 Å². The Kier molecular flexibility index (Phi) is 4.45. The smallest absolute Gasteiger partial charge is 0.120 e. The minimum absolute atomic E-state index is 0.396. The minimum atomic E-state index is -0.396. The van der Waals surface area contributed by atoms with Gasteiger partial charge >= 0.3 is 0 Å². The summed E-state index contributed by atoms with van der Waals surface area (Å²) in [6.45, 7) is 0.